The third-order valence-electron chi connectivity index (χ3n) is 5.43. The van der Waals surface area contributed by atoms with Gasteiger partial charge in [-0.15, -0.1) is 32.9 Å². The lowest BCUT2D eigenvalue weighted by Crippen LogP contribution is -2.11. The standard InChI is InChI=1S/C14H20.C10H12.C8H10.C3H6.C2H6.2C2H4.CH4/c1-10(2)13-8-7-12(9-11(13)3)14(4,5)6;1-3-9(2)10-7-5-4-6-8-10;1-7-3-5-8(2)6-4-7;1-3-2;3*1-2;/h7-9H,1H2,2-6H3;3-8H,1-2H3;3-6H,1-2H3;3H,1H2,2H3;1-2H3;2*1-2H2;1H4/b;9-3+;;;;;;. The van der Waals surface area contributed by atoms with Crippen molar-refractivity contribution < 1.29 is 0 Å². The van der Waals surface area contributed by atoms with Gasteiger partial charge in [-0.05, 0) is 81.7 Å². The molecular weight excluding hydrogens is 504 g/mol. The Balaban J connectivity index is -0.000000145. The summed E-state index contributed by atoms with van der Waals surface area (Å²) in [5.41, 5.74) is 10.7. The van der Waals surface area contributed by atoms with E-state index in [1.165, 1.54) is 39.0 Å². The zero-order valence-corrected chi connectivity index (χ0v) is 28.8. The predicted octanol–water partition coefficient (Wildman–Crippen LogP) is 14.2. The Morgan fingerprint density at radius 2 is 1.07 bits per heavy atom. The Hall–Kier alpha value is -3.64. The SMILES string of the molecule is C.C/C=C(\C)c1ccccc1.C=C.C=C.C=C(C)c1ccc(C(C)(C)C)cc1C.C=CC.CC.Cc1ccc(C)cc1. The van der Waals surface area contributed by atoms with Crippen LogP contribution < -0.4 is 0 Å². The highest BCUT2D eigenvalue weighted by Gasteiger charge is 2.14. The first kappa shape index (κ1) is 48.1. The minimum atomic E-state index is 0. The molecule has 0 fully saturated rings. The molecule has 42 heavy (non-hydrogen) atoms. The second-order valence-electron chi connectivity index (χ2n) is 9.96. The van der Waals surface area contributed by atoms with Crippen molar-refractivity contribution in [2.24, 2.45) is 0 Å². The van der Waals surface area contributed by atoms with Crippen molar-refractivity contribution in [1.29, 1.82) is 0 Å². The first-order chi connectivity index (χ1) is 19.4. The van der Waals surface area contributed by atoms with Crippen LogP contribution in [0, 0.1) is 20.8 Å². The molecule has 0 heteroatoms. The van der Waals surface area contributed by atoms with Gasteiger partial charge in [-0.25, -0.2) is 0 Å². The monoisotopic (exact) mass is 571 g/mol. The maximum absolute atomic E-state index is 3.98. The number of benzene rings is 3. The first-order valence-corrected chi connectivity index (χ1v) is 14.4. The lowest BCUT2D eigenvalue weighted by Gasteiger charge is -2.20. The quantitative estimate of drug-likeness (QED) is 0.269. The average Bonchev–Trinajstić information content (AvgIpc) is 2.98. The summed E-state index contributed by atoms with van der Waals surface area (Å²) in [4.78, 5) is 0. The molecule has 3 aromatic carbocycles. The highest BCUT2D eigenvalue weighted by molar-refractivity contribution is 5.65. The fourth-order valence-corrected chi connectivity index (χ4v) is 3.11. The van der Waals surface area contributed by atoms with Crippen LogP contribution in [0.4, 0.5) is 0 Å². The van der Waals surface area contributed by atoms with Crippen LogP contribution in [0.25, 0.3) is 11.1 Å². The zero-order valence-electron chi connectivity index (χ0n) is 28.8. The second-order valence-corrected chi connectivity index (χ2v) is 9.96. The molecule has 3 rings (SSSR count). The Morgan fingerprint density at radius 1 is 0.690 bits per heavy atom. The second kappa shape index (κ2) is 30.3. The predicted molar refractivity (Wildman–Crippen MR) is 203 cm³/mol. The highest BCUT2D eigenvalue weighted by atomic mass is 14.2. The summed E-state index contributed by atoms with van der Waals surface area (Å²) in [7, 11) is 0. The molecule has 0 bridgehead atoms. The van der Waals surface area contributed by atoms with E-state index in [0.717, 1.165) is 5.57 Å². The molecular formula is C42H66. The van der Waals surface area contributed by atoms with E-state index in [1.54, 1.807) is 6.08 Å². The van der Waals surface area contributed by atoms with E-state index in [2.05, 4.69) is 175 Å². The largest absolute Gasteiger partial charge is 0.106 e. The summed E-state index contributed by atoms with van der Waals surface area (Å²) in [6.07, 6.45) is 3.87. The van der Waals surface area contributed by atoms with Crippen LogP contribution in [0.3, 0.4) is 0 Å². The van der Waals surface area contributed by atoms with Crippen molar-refractivity contribution in [3.8, 4) is 0 Å². The average molecular weight is 571 g/mol. The van der Waals surface area contributed by atoms with Gasteiger partial charge in [0.2, 0.25) is 0 Å². The lowest BCUT2D eigenvalue weighted by molar-refractivity contribution is 0.589. The molecule has 0 amide bonds. The normalized spacial score (nSPS) is 9.00. The molecule has 234 valence electrons. The van der Waals surface area contributed by atoms with Crippen LogP contribution in [-0.4, -0.2) is 0 Å². The van der Waals surface area contributed by atoms with Gasteiger partial charge in [-0.1, -0.05) is 150 Å². The van der Waals surface area contributed by atoms with Gasteiger partial charge in [0.25, 0.3) is 0 Å². The molecule has 0 nitrogen and oxygen atoms in total. The van der Waals surface area contributed by atoms with Gasteiger partial charge in [0.15, 0.2) is 0 Å². The van der Waals surface area contributed by atoms with Crippen LogP contribution in [0.2, 0.25) is 0 Å². The molecule has 0 aliphatic carbocycles. The fraction of sp³-hybridized carbons (Fsp3) is 0.333. The molecule has 0 saturated carbocycles. The zero-order chi connectivity index (χ0) is 33.0. The molecule has 0 radical (unpaired) electrons. The van der Waals surface area contributed by atoms with E-state index in [4.69, 9.17) is 0 Å². The third kappa shape index (κ3) is 24.2. The summed E-state index contributed by atoms with van der Waals surface area (Å²) >= 11 is 0. The maximum atomic E-state index is 3.98. The molecule has 0 unspecified atom stereocenters. The van der Waals surface area contributed by atoms with Gasteiger partial charge >= 0.3 is 0 Å². The minimum Gasteiger partial charge on any atom is -0.106 e. The molecule has 0 N–H and O–H groups in total. The molecule has 0 atom stereocenters. The van der Waals surface area contributed by atoms with Gasteiger partial charge in [0.1, 0.15) is 0 Å². The van der Waals surface area contributed by atoms with Crippen LogP contribution in [0.15, 0.2) is 124 Å². The van der Waals surface area contributed by atoms with E-state index in [-0.39, 0.29) is 12.8 Å². The van der Waals surface area contributed by atoms with Crippen molar-refractivity contribution >= 4 is 11.1 Å². The molecule has 0 saturated heterocycles. The van der Waals surface area contributed by atoms with E-state index >= 15 is 0 Å². The van der Waals surface area contributed by atoms with E-state index < -0.39 is 0 Å². The Kier molecular flexibility index (Phi) is 34.7. The van der Waals surface area contributed by atoms with E-state index in [9.17, 15) is 0 Å². The lowest BCUT2D eigenvalue weighted by atomic mass is 9.85. The number of hydrogen-bond donors (Lipinski definition) is 0. The number of hydrogen-bond acceptors (Lipinski definition) is 0. The topological polar surface area (TPSA) is 0 Å². The third-order valence-corrected chi connectivity index (χ3v) is 5.43. The molecule has 0 spiro atoms. The van der Waals surface area contributed by atoms with E-state index in [1.807, 2.05) is 26.8 Å². The van der Waals surface area contributed by atoms with Gasteiger partial charge in [-0.2, -0.15) is 0 Å². The van der Waals surface area contributed by atoms with Crippen molar-refractivity contribution in [3.63, 3.8) is 0 Å². The summed E-state index contributed by atoms with van der Waals surface area (Å²) in [5.74, 6) is 0. The molecule has 0 aliphatic rings. The van der Waals surface area contributed by atoms with Crippen molar-refractivity contribution in [3.05, 3.63) is 158 Å². The number of allylic oxidation sites excluding steroid dienone is 4. The minimum absolute atomic E-state index is 0. The smallest absolute Gasteiger partial charge is 0.0132 e. The van der Waals surface area contributed by atoms with Gasteiger partial charge in [0, 0.05) is 0 Å². The van der Waals surface area contributed by atoms with Gasteiger partial charge in [0.05, 0.1) is 0 Å². The molecule has 3 aromatic rings. The Labute approximate surface area is 264 Å². The Bertz CT molecular complexity index is 1050. The van der Waals surface area contributed by atoms with Crippen LogP contribution in [-0.2, 0) is 5.41 Å². The molecule has 0 aromatic heterocycles. The van der Waals surface area contributed by atoms with Crippen molar-refractivity contribution in [2.45, 2.75) is 95.9 Å². The van der Waals surface area contributed by atoms with Crippen LogP contribution in [0.5, 0.6) is 0 Å². The number of rotatable bonds is 2. The van der Waals surface area contributed by atoms with Crippen molar-refractivity contribution in [2.75, 3.05) is 0 Å². The summed E-state index contributed by atoms with van der Waals surface area (Å²) in [6.45, 7) is 44.5. The van der Waals surface area contributed by atoms with Crippen LogP contribution >= 0.6 is 0 Å². The van der Waals surface area contributed by atoms with Gasteiger partial charge in [-0.3, -0.25) is 0 Å². The summed E-state index contributed by atoms with van der Waals surface area (Å²) in [5, 5.41) is 0. The number of aryl methyl sites for hydroxylation is 3. The highest BCUT2D eigenvalue weighted by Crippen LogP contribution is 2.26. The molecule has 0 aliphatic heterocycles. The van der Waals surface area contributed by atoms with E-state index in [0.29, 0.717) is 0 Å². The van der Waals surface area contributed by atoms with Gasteiger partial charge < -0.3 is 0 Å². The summed E-state index contributed by atoms with van der Waals surface area (Å²) in [6, 6.07) is 25.5. The van der Waals surface area contributed by atoms with Crippen LogP contribution in [0.1, 0.15) is 103 Å². The maximum Gasteiger partial charge on any atom is -0.0132 e. The molecule has 0 heterocycles. The Morgan fingerprint density at radius 3 is 1.36 bits per heavy atom. The summed E-state index contributed by atoms with van der Waals surface area (Å²) < 4.78 is 0. The first-order valence-electron chi connectivity index (χ1n) is 14.4. The fourth-order valence-electron chi connectivity index (χ4n) is 3.11. The van der Waals surface area contributed by atoms with Crippen molar-refractivity contribution in [1.82, 2.24) is 0 Å².